The van der Waals surface area contributed by atoms with Crippen molar-refractivity contribution in [3.05, 3.63) is 0 Å². The molecule has 0 spiro atoms. The standard InChI is InChI=1S/C18H33N3O9/c1-7-8(2)15(17(25)26)29-18(13(7)23)30-16-12(20-10(4)22)9(3)28-11(14(16)24)6-27-21-19-5/h7-9,11-16,18-19,21,23-24H,6H2,1-5H3,(H,20,22)(H,25,26)/t7-,8-,9-,11?,12?,13?,14+,15?,16+,18-/m0/s1. The first-order valence-corrected chi connectivity index (χ1v) is 9.94. The average Bonchev–Trinajstić information content (AvgIpc) is 2.67. The smallest absolute Gasteiger partial charge is 0.333 e. The van der Waals surface area contributed by atoms with E-state index in [1.807, 2.05) is 0 Å². The SMILES string of the molecule is CNNOCC1O[C@@H](C)C(NC(C)=O)[C@@H](O[C@@H]2OC(C(=O)O)[C@@H](C)[C@H](C)C2O)[C@@H]1O. The maximum absolute atomic E-state index is 11.7. The summed E-state index contributed by atoms with van der Waals surface area (Å²) in [7, 11) is 1.60. The van der Waals surface area contributed by atoms with Gasteiger partial charge in [0.1, 0.15) is 24.4 Å². The molecule has 2 saturated heterocycles. The van der Waals surface area contributed by atoms with Crippen molar-refractivity contribution < 1.29 is 44.0 Å². The van der Waals surface area contributed by atoms with E-state index in [0.717, 1.165) is 0 Å². The molecule has 0 radical (unpaired) electrons. The predicted octanol–water partition coefficient (Wildman–Crippen LogP) is -1.88. The van der Waals surface area contributed by atoms with E-state index in [-0.39, 0.29) is 12.5 Å². The van der Waals surface area contributed by atoms with Gasteiger partial charge in [0.25, 0.3) is 0 Å². The molecule has 2 aliphatic heterocycles. The van der Waals surface area contributed by atoms with Crippen molar-refractivity contribution in [1.82, 2.24) is 16.3 Å². The van der Waals surface area contributed by atoms with Crippen LogP contribution in [0.5, 0.6) is 0 Å². The highest BCUT2D eigenvalue weighted by Crippen LogP contribution is 2.34. The summed E-state index contributed by atoms with van der Waals surface area (Å²) in [6, 6.07) is -0.764. The molecule has 174 valence electrons. The Kier molecular flexibility index (Phi) is 8.94. The van der Waals surface area contributed by atoms with Gasteiger partial charge in [-0.15, -0.1) is 5.59 Å². The molecule has 0 aliphatic carbocycles. The quantitative estimate of drug-likeness (QED) is 0.186. The predicted molar refractivity (Wildman–Crippen MR) is 102 cm³/mol. The van der Waals surface area contributed by atoms with Gasteiger partial charge in [-0.1, -0.05) is 13.8 Å². The van der Waals surface area contributed by atoms with Crippen LogP contribution in [0.4, 0.5) is 0 Å². The van der Waals surface area contributed by atoms with Crippen molar-refractivity contribution in [2.45, 2.75) is 76.7 Å². The minimum absolute atomic E-state index is 0.0434. The summed E-state index contributed by atoms with van der Waals surface area (Å²) in [5.41, 5.74) is 4.99. The van der Waals surface area contributed by atoms with Crippen LogP contribution in [-0.4, -0.2) is 89.8 Å². The number of aliphatic hydroxyl groups excluding tert-OH is 2. The summed E-state index contributed by atoms with van der Waals surface area (Å²) in [6.45, 7) is 6.36. The number of hydrogen-bond donors (Lipinski definition) is 6. The maximum Gasteiger partial charge on any atom is 0.333 e. The molecule has 0 bridgehead atoms. The highest BCUT2D eigenvalue weighted by atomic mass is 16.7. The first-order chi connectivity index (χ1) is 14.1. The molecule has 0 aromatic carbocycles. The molecule has 2 aliphatic rings. The van der Waals surface area contributed by atoms with Crippen LogP contribution in [0.25, 0.3) is 0 Å². The van der Waals surface area contributed by atoms with E-state index in [4.69, 9.17) is 19.0 Å². The molecule has 10 atom stereocenters. The number of amides is 1. The van der Waals surface area contributed by atoms with Crippen LogP contribution in [0.2, 0.25) is 0 Å². The molecule has 4 unspecified atom stereocenters. The van der Waals surface area contributed by atoms with E-state index < -0.39 is 66.8 Å². The number of carboxylic acid groups (broad SMARTS) is 1. The summed E-state index contributed by atoms with van der Waals surface area (Å²) < 4.78 is 17.2. The minimum Gasteiger partial charge on any atom is -0.479 e. The van der Waals surface area contributed by atoms with Gasteiger partial charge in [-0.25, -0.2) is 10.2 Å². The van der Waals surface area contributed by atoms with Crippen molar-refractivity contribution in [1.29, 1.82) is 0 Å². The number of hydrazine groups is 1. The zero-order valence-corrected chi connectivity index (χ0v) is 17.8. The van der Waals surface area contributed by atoms with Crippen LogP contribution in [0.15, 0.2) is 0 Å². The van der Waals surface area contributed by atoms with Crippen molar-refractivity contribution in [3.63, 3.8) is 0 Å². The largest absolute Gasteiger partial charge is 0.479 e. The molecule has 12 heteroatoms. The number of aliphatic carboxylic acids is 1. The minimum atomic E-state index is -1.31. The Labute approximate surface area is 175 Å². The Morgan fingerprint density at radius 2 is 1.73 bits per heavy atom. The molecule has 0 aromatic heterocycles. The number of carbonyl (C=O) groups is 2. The van der Waals surface area contributed by atoms with Crippen LogP contribution < -0.4 is 16.3 Å². The Hall–Kier alpha value is -1.38. The fourth-order valence-corrected chi connectivity index (χ4v) is 3.80. The Balaban J connectivity index is 2.22. The number of nitrogens with one attached hydrogen (secondary N) is 3. The second-order valence-electron chi connectivity index (χ2n) is 7.83. The van der Waals surface area contributed by atoms with E-state index in [1.165, 1.54) is 6.92 Å². The molecule has 2 rings (SSSR count). The van der Waals surface area contributed by atoms with Gasteiger partial charge in [-0.2, -0.15) is 0 Å². The van der Waals surface area contributed by atoms with Gasteiger partial charge < -0.3 is 34.8 Å². The van der Waals surface area contributed by atoms with Gasteiger partial charge in [0.05, 0.1) is 18.8 Å². The van der Waals surface area contributed by atoms with Gasteiger partial charge in [-0.3, -0.25) is 9.63 Å². The van der Waals surface area contributed by atoms with Crippen LogP contribution in [0, 0.1) is 11.8 Å². The third-order valence-corrected chi connectivity index (χ3v) is 5.70. The number of carbonyl (C=O) groups excluding carboxylic acids is 1. The number of ether oxygens (including phenoxy) is 3. The fourth-order valence-electron chi connectivity index (χ4n) is 3.80. The van der Waals surface area contributed by atoms with E-state index in [2.05, 4.69) is 16.3 Å². The number of hydrogen-bond acceptors (Lipinski definition) is 10. The summed E-state index contributed by atoms with van der Waals surface area (Å²) in [6.07, 6.45) is -7.31. The van der Waals surface area contributed by atoms with Gasteiger partial charge in [0, 0.05) is 14.0 Å². The monoisotopic (exact) mass is 435 g/mol. The summed E-state index contributed by atoms with van der Waals surface area (Å²) in [5.74, 6) is -2.41. The number of aliphatic hydroxyl groups is 2. The van der Waals surface area contributed by atoms with E-state index in [9.17, 15) is 24.9 Å². The van der Waals surface area contributed by atoms with E-state index >= 15 is 0 Å². The molecule has 2 fully saturated rings. The van der Waals surface area contributed by atoms with Gasteiger partial charge >= 0.3 is 5.97 Å². The second kappa shape index (κ2) is 10.8. The lowest BCUT2D eigenvalue weighted by Crippen LogP contribution is -2.66. The Morgan fingerprint density at radius 3 is 2.30 bits per heavy atom. The highest BCUT2D eigenvalue weighted by molar-refractivity contribution is 5.73. The second-order valence-corrected chi connectivity index (χ2v) is 7.83. The lowest BCUT2D eigenvalue weighted by molar-refractivity contribution is -0.312. The van der Waals surface area contributed by atoms with Crippen molar-refractivity contribution in [3.8, 4) is 0 Å². The lowest BCUT2D eigenvalue weighted by atomic mass is 9.83. The van der Waals surface area contributed by atoms with Crippen molar-refractivity contribution in [2.24, 2.45) is 11.8 Å². The Bertz CT molecular complexity index is 595. The van der Waals surface area contributed by atoms with Crippen LogP contribution >= 0.6 is 0 Å². The van der Waals surface area contributed by atoms with Crippen molar-refractivity contribution >= 4 is 11.9 Å². The molecular formula is C18H33N3O9. The van der Waals surface area contributed by atoms with E-state index in [1.54, 1.807) is 27.8 Å². The summed E-state index contributed by atoms with van der Waals surface area (Å²) in [4.78, 5) is 28.4. The summed E-state index contributed by atoms with van der Waals surface area (Å²) in [5, 5.41) is 33.6. The van der Waals surface area contributed by atoms with Crippen molar-refractivity contribution in [2.75, 3.05) is 13.7 Å². The topological polar surface area (TPSA) is 168 Å². The maximum atomic E-state index is 11.7. The zero-order valence-electron chi connectivity index (χ0n) is 17.8. The van der Waals surface area contributed by atoms with Gasteiger partial charge in [0.2, 0.25) is 5.91 Å². The highest BCUT2D eigenvalue weighted by Gasteiger charge is 2.50. The molecule has 6 N–H and O–H groups in total. The van der Waals surface area contributed by atoms with E-state index in [0.29, 0.717) is 0 Å². The first-order valence-electron chi connectivity index (χ1n) is 9.94. The van der Waals surface area contributed by atoms with Crippen LogP contribution in [-0.2, 0) is 28.6 Å². The third kappa shape index (κ3) is 5.65. The molecule has 2 heterocycles. The van der Waals surface area contributed by atoms with Crippen LogP contribution in [0.1, 0.15) is 27.7 Å². The van der Waals surface area contributed by atoms with Gasteiger partial charge in [-0.05, 0) is 18.8 Å². The molecule has 0 saturated carbocycles. The zero-order chi connectivity index (χ0) is 22.6. The van der Waals surface area contributed by atoms with Crippen LogP contribution in [0.3, 0.4) is 0 Å². The molecule has 0 aromatic rings. The third-order valence-electron chi connectivity index (χ3n) is 5.70. The number of carboxylic acids is 1. The lowest BCUT2D eigenvalue weighted by Gasteiger charge is -2.47. The van der Waals surface area contributed by atoms with Gasteiger partial charge in [0.15, 0.2) is 12.4 Å². The molecule has 1 amide bonds. The molecule has 12 nitrogen and oxygen atoms in total. The normalized spacial score (nSPS) is 42.0. The first kappa shape index (κ1) is 24.9. The Morgan fingerprint density at radius 1 is 1.07 bits per heavy atom. The fraction of sp³-hybridized carbons (Fsp3) is 0.889. The average molecular weight is 435 g/mol. The summed E-state index contributed by atoms with van der Waals surface area (Å²) >= 11 is 0. The molecule has 30 heavy (non-hydrogen) atoms. The molecular weight excluding hydrogens is 402 g/mol. The number of rotatable bonds is 8.